The van der Waals surface area contributed by atoms with E-state index >= 15 is 0 Å². The number of aromatic nitrogens is 3. The Hall–Kier alpha value is -4.01. The highest BCUT2D eigenvalue weighted by molar-refractivity contribution is 8.19. The fourth-order valence-electron chi connectivity index (χ4n) is 4.49. The van der Waals surface area contributed by atoms with Crippen LogP contribution in [0.3, 0.4) is 0 Å². The molecule has 1 atom stereocenters. The predicted molar refractivity (Wildman–Crippen MR) is 148 cm³/mol. The van der Waals surface area contributed by atoms with Crippen LogP contribution in [0.4, 0.5) is 5.69 Å². The van der Waals surface area contributed by atoms with Gasteiger partial charge in [0.1, 0.15) is 5.82 Å². The number of nitrogens with one attached hydrogen (secondary N) is 1. The molecule has 2 aromatic carbocycles. The van der Waals surface area contributed by atoms with Crippen molar-refractivity contribution in [3.63, 3.8) is 0 Å². The van der Waals surface area contributed by atoms with Crippen LogP contribution in [0.1, 0.15) is 11.3 Å². The number of hydrogen-bond acceptors (Lipinski definition) is 6. The van der Waals surface area contributed by atoms with Crippen molar-refractivity contribution in [3.8, 4) is 0 Å². The molecule has 4 aromatic rings. The Morgan fingerprint density at radius 3 is 2.69 bits per heavy atom. The molecule has 0 saturated heterocycles. The maximum absolute atomic E-state index is 9.65. The van der Waals surface area contributed by atoms with E-state index in [4.69, 9.17) is 4.99 Å². The monoisotopic (exact) mass is 494 g/mol. The summed E-state index contributed by atoms with van der Waals surface area (Å²) in [4.78, 5) is 12.6. The molecule has 0 amide bonds. The lowest BCUT2D eigenvalue weighted by Gasteiger charge is -2.28. The van der Waals surface area contributed by atoms with Gasteiger partial charge >= 0.3 is 0 Å². The molecule has 6 rings (SSSR count). The van der Waals surface area contributed by atoms with E-state index in [1.165, 1.54) is 10.6 Å². The first-order chi connectivity index (χ1) is 17.8. The summed E-state index contributed by atoms with van der Waals surface area (Å²) >= 11 is 0. The van der Waals surface area contributed by atoms with Gasteiger partial charge in [-0.25, -0.2) is 4.99 Å². The first-order valence-corrected chi connectivity index (χ1v) is 13.3. The van der Waals surface area contributed by atoms with Crippen molar-refractivity contribution in [2.24, 2.45) is 4.99 Å². The Balaban J connectivity index is 1.27. The Kier molecular flexibility index (Phi) is 6.19. The summed E-state index contributed by atoms with van der Waals surface area (Å²) < 4.78 is 1.97. The Morgan fingerprint density at radius 2 is 1.86 bits per heavy atom. The number of hydrogen-bond donors (Lipinski definition) is 2. The lowest BCUT2D eigenvalue weighted by atomic mass is 10.1. The molecular formula is C28H26N6OS. The fraction of sp³-hybridized carbons (Fsp3) is 0.143. The highest BCUT2D eigenvalue weighted by atomic mass is 32.2. The van der Waals surface area contributed by atoms with Crippen molar-refractivity contribution in [1.29, 1.82) is 0 Å². The average molecular weight is 495 g/mol. The quantitative estimate of drug-likeness (QED) is 0.351. The number of aliphatic hydroxyl groups excluding tert-OH is 1. The molecule has 8 heteroatoms. The van der Waals surface area contributed by atoms with Gasteiger partial charge in [0.25, 0.3) is 0 Å². The van der Waals surface area contributed by atoms with Crippen LogP contribution in [-0.4, -0.2) is 48.5 Å². The average Bonchev–Trinajstić information content (AvgIpc) is 3.52. The number of rotatable bonds is 8. The van der Waals surface area contributed by atoms with E-state index in [0.717, 1.165) is 40.2 Å². The summed E-state index contributed by atoms with van der Waals surface area (Å²) in [5.74, 6) is 1.53. The largest absolute Gasteiger partial charge is 0.396 e. The smallest absolute Gasteiger partial charge is 0.142 e. The third-order valence-corrected chi connectivity index (χ3v) is 8.21. The zero-order chi connectivity index (χ0) is 24.3. The Bertz CT molecular complexity index is 1520. The van der Waals surface area contributed by atoms with Crippen LogP contribution in [0.5, 0.6) is 0 Å². The number of aliphatic imine (C=N–C) groups is 1. The molecular weight excluding hydrogens is 468 g/mol. The van der Waals surface area contributed by atoms with E-state index in [1.807, 2.05) is 41.5 Å². The number of pyridine rings is 1. The van der Waals surface area contributed by atoms with E-state index in [9.17, 15) is 5.11 Å². The third kappa shape index (κ3) is 4.48. The summed E-state index contributed by atoms with van der Waals surface area (Å²) in [5.41, 5.74) is 5.29. The normalized spacial score (nSPS) is 16.8. The van der Waals surface area contributed by atoms with E-state index in [-0.39, 0.29) is 17.1 Å². The van der Waals surface area contributed by atoms with Crippen LogP contribution >= 0.6 is 10.5 Å². The molecule has 0 aliphatic carbocycles. The van der Waals surface area contributed by atoms with Crippen LogP contribution in [0.25, 0.3) is 10.9 Å². The van der Waals surface area contributed by atoms with E-state index in [2.05, 4.69) is 74.2 Å². The zero-order valence-electron chi connectivity index (χ0n) is 19.7. The molecule has 2 N–H and O–H groups in total. The first kappa shape index (κ1) is 22.5. The number of fused-ring (bicyclic) bond motifs is 2. The minimum Gasteiger partial charge on any atom is -0.396 e. The van der Waals surface area contributed by atoms with Gasteiger partial charge in [-0.05, 0) is 47.4 Å². The molecule has 0 fully saturated rings. The van der Waals surface area contributed by atoms with Crippen molar-refractivity contribution in [2.45, 2.75) is 13.1 Å². The molecule has 2 aromatic heterocycles. The van der Waals surface area contributed by atoms with Crippen molar-refractivity contribution >= 4 is 38.4 Å². The first-order valence-electron chi connectivity index (χ1n) is 11.9. The number of benzene rings is 2. The molecule has 7 nitrogen and oxygen atoms in total. The molecule has 0 saturated carbocycles. The lowest BCUT2D eigenvalue weighted by molar-refractivity contribution is 0.322. The number of nitrogens with zero attached hydrogens (tertiary/aromatic N) is 5. The van der Waals surface area contributed by atoms with Crippen LogP contribution in [0.15, 0.2) is 107 Å². The topological polar surface area (TPSA) is 78.6 Å². The molecule has 2 aliphatic rings. The van der Waals surface area contributed by atoms with Gasteiger partial charge in [-0.15, -0.1) is 10.5 Å². The van der Waals surface area contributed by atoms with Gasteiger partial charge in [0.2, 0.25) is 0 Å². The molecule has 0 spiro atoms. The van der Waals surface area contributed by atoms with Gasteiger partial charge in [0, 0.05) is 35.1 Å². The van der Waals surface area contributed by atoms with Crippen molar-refractivity contribution in [3.05, 3.63) is 113 Å². The van der Waals surface area contributed by atoms with Gasteiger partial charge in [-0.1, -0.05) is 36.4 Å². The summed E-state index contributed by atoms with van der Waals surface area (Å²) in [6.07, 6.45) is 7.73. The van der Waals surface area contributed by atoms with Gasteiger partial charge < -0.3 is 15.3 Å². The third-order valence-electron chi connectivity index (χ3n) is 6.17. The minimum atomic E-state index is -0.161. The zero-order valence-corrected chi connectivity index (χ0v) is 20.5. The van der Waals surface area contributed by atoms with Gasteiger partial charge in [-0.2, -0.15) is 5.10 Å². The highest BCUT2D eigenvalue weighted by Gasteiger charge is 2.26. The lowest BCUT2D eigenvalue weighted by Crippen LogP contribution is -2.33. The van der Waals surface area contributed by atoms with Crippen molar-refractivity contribution < 1.29 is 5.11 Å². The number of aliphatic hydroxyl groups is 1. The SMILES string of the molecule is OCCS1=C2C(=C(Nc3ccc4c(cnn4Cc4ccccn4)c3)N=CN2Cc2ccccc2)C=C1. The van der Waals surface area contributed by atoms with Gasteiger partial charge in [0.05, 0.1) is 41.9 Å². The minimum absolute atomic E-state index is 0.155. The maximum atomic E-state index is 9.65. The molecule has 180 valence electrons. The Morgan fingerprint density at radius 1 is 0.972 bits per heavy atom. The molecule has 36 heavy (non-hydrogen) atoms. The fourth-order valence-corrected chi connectivity index (χ4v) is 6.31. The summed E-state index contributed by atoms with van der Waals surface area (Å²) in [6.45, 7) is 1.53. The standard InChI is InChI=1S/C28H26N6OS/c35-13-15-36-14-11-25-27(30-20-33(28(25)36)18-21-6-2-1-3-7-21)32-23-9-10-26-22(16-23)17-31-34(26)19-24-8-4-5-12-29-24/h1-12,14,16-17,20,32,35H,13,15,18-19H2. The van der Waals surface area contributed by atoms with Crippen LogP contribution in [0.2, 0.25) is 0 Å². The van der Waals surface area contributed by atoms with E-state index < -0.39 is 0 Å². The van der Waals surface area contributed by atoms with E-state index in [0.29, 0.717) is 12.3 Å². The Labute approximate surface area is 212 Å². The van der Waals surface area contributed by atoms with Crippen LogP contribution < -0.4 is 5.32 Å². The van der Waals surface area contributed by atoms with Crippen molar-refractivity contribution in [2.75, 3.05) is 17.7 Å². The predicted octanol–water partition coefficient (Wildman–Crippen LogP) is 4.57. The molecule has 2 aliphatic heterocycles. The van der Waals surface area contributed by atoms with Crippen LogP contribution in [-0.2, 0) is 13.1 Å². The second kappa shape index (κ2) is 9.93. The maximum Gasteiger partial charge on any atom is 0.142 e. The second-order valence-corrected chi connectivity index (χ2v) is 10.5. The van der Waals surface area contributed by atoms with Crippen molar-refractivity contribution in [1.82, 2.24) is 19.7 Å². The van der Waals surface area contributed by atoms with Gasteiger partial charge in [0.15, 0.2) is 0 Å². The summed E-state index contributed by atoms with van der Waals surface area (Å²) in [7, 11) is -0.161. The molecule has 1 unspecified atom stereocenters. The molecule has 0 bridgehead atoms. The second-order valence-electron chi connectivity index (χ2n) is 8.61. The molecule has 0 radical (unpaired) electrons. The highest BCUT2D eigenvalue weighted by Crippen LogP contribution is 2.35. The summed E-state index contributed by atoms with van der Waals surface area (Å²) in [5, 5.41) is 21.0. The van der Waals surface area contributed by atoms with E-state index in [1.54, 1.807) is 6.20 Å². The molecule has 4 heterocycles. The number of anilines is 1. The van der Waals surface area contributed by atoms with Crippen LogP contribution in [0, 0.1) is 0 Å². The summed E-state index contributed by atoms with van der Waals surface area (Å²) in [6, 6.07) is 22.6. The van der Waals surface area contributed by atoms with Gasteiger partial charge in [-0.3, -0.25) is 9.67 Å².